The number of anilines is 1. The molecule has 2 amide bonds. The number of aromatic nitrogens is 1. The second-order valence-corrected chi connectivity index (χ2v) is 6.55. The van der Waals surface area contributed by atoms with Crippen molar-refractivity contribution in [1.82, 2.24) is 9.88 Å². The van der Waals surface area contributed by atoms with Gasteiger partial charge >= 0.3 is 0 Å². The Balaban J connectivity index is 2.40. The van der Waals surface area contributed by atoms with Crippen LogP contribution in [-0.4, -0.2) is 16.4 Å². The average molecular weight is 450 g/mol. The highest BCUT2D eigenvalue weighted by Gasteiger charge is 2.32. The molecule has 0 spiro atoms. The molecule has 3 rings (SSSR count). The molecule has 0 atom stereocenters. The van der Waals surface area contributed by atoms with Gasteiger partial charge in [-0.1, -0.05) is 23.2 Å². The zero-order valence-electron chi connectivity index (χ0n) is 10.6. The van der Waals surface area contributed by atoms with Gasteiger partial charge in [0.05, 0.1) is 26.9 Å². The van der Waals surface area contributed by atoms with E-state index in [2.05, 4.69) is 5.32 Å². The summed E-state index contributed by atoms with van der Waals surface area (Å²) in [5, 5.41) is 2.50. The fourth-order valence-corrected chi connectivity index (χ4v) is 3.91. The van der Waals surface area contributed by atoms with E-state index in [0.29, 0.717) is 0 Å². The SMILES string of the molecule is Nc1c2c(cc(=O)n1-c1c(Cl)cc(I)cc1Cl)C(=O)NC2=O. The van der Waals surface area contributed by atoms with Crippen LogP contribution in [0, 0.1) is 3.57 Å². The molecule has 9 heteroatoms. The Morgan fingerprint density at radius 3 is 2.23 bits per heavy atom. The first-order valence-corrected chi connectivity index (χ1v) is 7.71. The molecule has 0 bridgehead atoms. The highest BCUT2D eigenvalue weighted by atomic mass is 127. The fraction of sp³-hybridized carbons (Fsp3) is 0. The number of nitrogen functional groups attached to an aromatic ring is 1. The Bertz CT molecular complexity index is 900. The predicted octanol–water partition coefficient (Wildman–Crippen LogP) is 2.21. The average Bonchev–Trinajstić information content (AvgIpc) is 2.67. The number of carbonyl (C=O) groups is 2. The molecule has 6 nitrogen and oxygen atoms in total. The Labute approximate surface area is 147 Å². The minimum absolute atomic E-state index is 0.0542. The summed E-state index contributed by atoms with van der Waals surface area (Å²) in [4.78, 5) is 35.8. The lowest BCUT2D eigenvalue weighted by molar-refractivity contribution is 0.0880. The second-order valence-electron chi connectivity index (χ2n) is 4.49. The molecule has 2 aromatic rings. The molecule has 0 radical (unpaired) electrons. The van der Waals surface area contributed by atoms with Crippen LogP contribution in [-0.2, 0) is 0 Å². The lowest BCUT2D eigenvalue weighted by atomic mass is 10.1. The van der Waals surface area contributed by atoms with Crippen molar-refractivity contribution in [3.63, 3.8) is 0 Å². The molecule has 0 saturated heterocycles. The number of imide groups is 1. The normalized spacial score (nSPS) is 13.2. The largest absolute Gasteiger partial charge is 0.384 e. The van der Waals surface area contributed by atoms with E-state index < -0.39 is 17.4 Å². The Morgan fingerprint density at radius 1 is 1.05 bits per heavy atom. The molecule has 3 N–H and O–H groups in total. The van der Waals surface area contributed by atoms with E-state index in [4.69, 9.17) is 28.9 Å². The van der Waals surface area contributed by atoms with Crippen molar-refractivity contribution in [2.75, 3.05) is 5.73 Å². The summed E-state index contributed by atoms with van der Waals surface area (Å²) in [6, 6.07) is 4.25. The molecule has 1 aliphatic rings. The molecule has 0 aliphatic carbocycles. The first-order chi connectivity index (χ1) is 10.3. The quantitative estimate of drug-likeness (QED) is 0.515. The van der Waals surface area contributed by atoms with E-state index in [1.807, 2.05) is 22.6 Å². The third-order valence-corrected chi connectivity index (χ3v) is 4.36. The molecular weight excluding hydrogens is 444 g/mol. The number of hydrogen-bond acceptors (Lipinski definition) is 4. The van der Waals surface area contributed by atoms with Crippen LogP contribution in [0.4, 0.5) is 5.82 Å². The summed E-state index contributed by atoms with van der Waals surface area (Å²) < 4.78 is 1.80. The summed E-state index contributed by atoms with van der Waals surface area (Å²) in [6.07, 6.45) is 0. The van der Waals surface area contributed by atoms with Gasteiger partial charge in [-0.15, -0.1) is 0 Å². The molecule has 2 heterocycles. The number of fused-ring (bicyclic) bond motifs is 1. The summed E-state index contributed by atoms with van der Waals surface area (Å²) in [5.74, 6) is -1.50. The fourth-order valence-electron chi connectivity index (χ4n) is 2.26. The number of benzene rings is 1. The number of carbonyl (C=O) groups excluding carboxylic acids is 2. The van der Waals surface area contributed by atoms with Crippen LogP contribution in [0.15, 0.2) is 23.0 Å². The standard InChI is InChI=1S/C13H6Cl2IN3O3/c14-6-1-4(16)2-7(15)10(6)19-8(20)3-5-9(11(19)17)13(22)18-12(5)21/h1-3H,17H2,(H,18,21,22). The van der Waals surface area contributed by atoms with Crippen LogP contribution in [0.25, 0.3) is 5.69 Å². The number of halogens is 3. The topological polar surface area (TPSA) is 94.2 Å². The molecule has 1 aromatic heterocycles. The van der Waals surface area contributed by atoms with Crippen LogP contribution in [0.3, 0.4) is 0 Å². The number of amides is 2. The van der Waals surface area contributed by atoms with Gasteiger partial charge in [0.2, 0.25) is 0 Å². The van der Waals surface area contributed by atoms with E-state index in [-0.39, 0.29) is 32.7 Å². The summed E-state index contributed by atoms with van der Waals surface area (Å²) in [5.41, 5.74) is 5.37. The molecule has 22 heavy (non-hydrogen) atoms. The van der Waals surface area contributed by atoms with Crippen LogP contribution < -0.4 is 16.6 Å². The lowest BCUT2D eigenvalue weighted by Crippen LogP contribution is -2.24. The number of nitrogens with two attached hydrogens (primary N) is 1. The number of pyridine rings is 1. The van der Waals surface area contributed by atoms with Gasteiger partial charge in [0.1, 0.15) is 5.82 Å². The minimum Gasteiger partial charge on any atom is -0.384 e. The molecule has 0 fully saturated rings. The number of nitrogens with zero attached hydrogens (tertiary/aromatic N) is 1. The van der Waals surface area contributed by atoms with Crippen LogP contribution in [0.1, 0.15) is 20.7 Å². The van der Waals surface area contributed by atoms with Crippen molar-refractivity contribution in [3.8, 4) is 5.69 Å². The van der Waals surface area contributed by atoms with Crippen molar-refractivity contribution in [3.05, 3.63) is 53.3 Å². The van der Waals surface area contributed by atoms with Gasteiger partial charge in [-0.25, -0.2) is 0 Å². The Morgan fingerprint density at radius 2 is 1.64 bits per heavy atom. The van der Waals surface area contributed by atoms with E-state index in [1.54, 1.807) is 12.1 Å². The molecular formula is C13H6Cl2IN3O3. The summed E-state index contributed by atoms with van der Waals surface area (Å²) in [6.45, 7) is 0. The predicted molar refractivity (Wildman–Crippen MR) is 91.0 cm³/mol. The van der Waals surface area contributed by atoms with Crippen molar-refractivity contribution >= 4 is 63.4 Å². The van der Waals surface area contributed by atoms with Gasteiger partial charge in [-0.2, -0.15) is 0 Å². The van der Waals surface area contributed by atoms with E-state index in [1.165, 1.54) is 0 Å². The van der Waals surface area contributed by atoms with E-state index >= 15 is 0 Å². The molecule has 1 aliphatic heterocycles. The zero-order valence-corrected chi connectivity index (χ0v) is 14.3. The smallest absolute Gasteiger partial charge is 0.262 e. The van der Waals surface area contributed by atoms with Crippen molar-refractivity contribution < 1.29 is 9.59 Å². The van der Waals surface area contributed by atoms with Gasteiger partial charge in [0, 0.05) is 9.64 Å². The summed E-state index contributed by atoms with van der Waals surface area (Å²) in [7, 11) is 0. The number of hydrogen-bond donors (Lipinski definition) is 2. The maximum Gasteiger partial charge on any atom is 0.262 e. The molecule has 1 aromatic carbocycles. The first kappa shape index (κ1) is 15.3. The Kier molecular flexibility index (Phi) is 3.66. The highest BCUT2D eigenvalue weighted by molar-refractivity contribution is 14.1. The number of rotatable bonds is 1. The first-order valence-electron chi connectivity index (χ1n) is 5.87. The second kappa shape index (κ2) is 5.25. The van der Waals surface area contributed by atoms with Crippen molar-refractivity contribution in [1.29, 1.82) is 0 Å². The Hall–Kier alpha value is -1.58. The number of nitrogens with one attached hydrogen (secondary N) is 1. The summed E-state index contributed by atoms with van der Waals surface area (Å²) >= 11 is 14.3. The molecule has 112 valence electrons. The van der Waals surface area contributed by atoms with E-state index in [0.717, 1.165) is 14.2 Å². The van der Waals surface area contributed by atoms with Crippen LogP contribution in [0.5, 0.6) is 0 Å². The van der Waals surface area contributed by atoms with Crippen molar-refractivity contribution in [2.45, 2.75) is 0 Å². The zero-order chi connectivity index (χ0) is 16.2. The maximum atomic E-state index is 12.3. The van der Waals surface area contributed by atoms with Gasteiger partial charge in [0.25, 0.3) is 17.4 Å². The van der Waals surface area contributed by atoms with Crippen LogP contribution >= 0.6 is 45.8 Å². The van der Waals surface area contributed by atoms with Gasteiger partial charge < -0.3 is 5.73 Å². The third kappa shape index (κ3) is 2.20. The van der Waals surface area contributed by atoms with Gasteiger partial charge in [-0.3, -0.25) is 24.3 Å². The maximum absolute atomic E-state index is 12.3. The molecule has 0 unspecified atom stereocenters. The highest BCUT2D eigenvalue weighted by Crippen LogP contribution is 2.33. The van der Waals surface area contributed by atoms with Gasteiger partial charge in [0.15, 0.2) is 0 Å². The van der Waals surface area contributed by atoms with Gasteiger partial charge in [-0.05, 0) is 34.7 Å². The minimum atomic E-state index is -0.663. The third-order valence-electron chi connectivity index (χ3n) is 3.16. The van der Waals surface area contributed by atoms with Crippen LogP contribution in [0.2, 0.25) is 10.0 Å². The van der Waals surface area contributed by atoms with E-state index in [9.17, 15) is 14.4 Å². The van der Waals surface area contributed by atoms with Crippen molar-refractivity contribution in [2.24, 2.45) is 0 Å². The molecule has 0 saturated carbocycles. The lowest BCUT2D eigenvalue weighted by Gasteiger charge is -2.15. The monoisotopic (exact) mass is 449 g/mol.